The summed E-state index contributed by atoms with van der Waals surface area (Å²) in [5, 5.41) is 0. The summed E-state index contributed by atoms with van der Waals surface area (Å²) in [6.07, 6.45) is 7.83. The predicted octanol–water partition coefficient (Wildman–Crippen LogP) is 13.1. The summed E-state index contributed by atoms with van der Waals surface area (Å²) in [4.78, 5) is 0. The van der Waals surface area contributed by atoms with Crippen LogP contribution in [-0.2, 0) is 20.6 Å². The number of hydrogen-bond donors (Lipinski definition) is 0. The van der Waals surface area contributed by atoms with Crippen LogP contribution in [0.15, 0.2) is 71.8 Å². The van der Waals surface area contributed by atoms with E-state index < -0.39 is 26.6 Å². The first-order valence-corrected chi connectivity index (χ1v) is 31.8. The zero-order valence-electron chi connectivity index (χ0n) is 31.7. The molecule has 0 heterocycles. The molecule has 0 amide bonds. The normalized spacial score (nSPS) is 18.0. The van der Waals surface area contributed by atoms with Crippen molar-refractivity contribution in [1.82, 2.24) is 0 Å². The zero-order chi connectivity index (χ0) is 34.6. The van der Waals surface area contributed by atoms with Crippen molar-refractivity contribution in [2.75, 3.05) is 0 Å². The number of rotatable bonds is 9. The van der Waals surface area contributed by atoms with E-state index in [0.717, 1.165) is 0 Å². The van der Waals surface area contributed by atoms with Crippen LogP contribution in [0.5, 0.6) is 0 Å². The Labute approximate surface area is 300 Å². The third-order valence-electron chi connectivity index (χ3n) is 12.1. The number of allylic oxidation sites excluding steroid dienone is 2. The molecule has 2 aliphatic rings. The molecule has 0 spiro atoms. The summed E-state index contributed by atoms with van der Waals surface area (Å²) in [5.41, 5.74) is 24.1. The van der Waals surface area contributed by atoms with Gasteiger partial charge in [0.1, 0.15) is 0 Å². The fraction of sp³-hybridized carbons (Fsp3) is 0.391. The van der Waals surface area contributed by atoms with Gasteiger partial charge in [-0.15, -0.1) is 0 Å². The van der Waals surface area contributed by atoms with Crippen LogP contribution in [0, 0.1) is 53.4 Å². The molecule has 4 unspecified atom stereocenters. The molecule has 4 atom stereocenters. The van der Waals surface area contributed by atoms with Crippen molar-refractivity contribution >= 4 is 18.1 Å². The second kappa shape index (κ2) is 14.0. The number of aryl methyl sites for hydroxylation is 4. The Hall–Kier alpha value is -2.55. The Morgan fingerprint density at radius 1 is 0.583 bits per heavy atom. The molecular weight excluding hydrogens is 759 g/mol. The first kappa shape index (κ1) is 35.3. The molecule has 48 heavy (non-hydrogen) atoms. The quantitative estimate of drug-likeness (QED) is 0.148. The second-order valence-corrected chi connectivity index (χ2v) is 43.5. The Morgan fingerprint density at radius 2 is 0.979 bits per heavy atom. The predicted molar refractivity (Wildman–Crippen MR) is 211 cm³/mol. The van der Waals surface area contributed by atoms with Crippen molar-refractivity contribution < 1.29 is 20.6 Å². The van der Waals surface area contributed by atoms with Crippen LogP contribution >= 0.6 is 0 Å². The molecule has 2 heteroatoms. The van der Waals surface area contributed by atoms with E-state index in [-0.39, 0.29) is 0 Å². The van der Waals surface area contributed by atoms with E-state index in [9.17, 15) is 0 Å². The van der Waals surface area contributed by atoms with Crippen molar-refractivity contribution in [2.45, 2.75) is 103 Å². The minimum atomic E-state index is -2.52. The summed E-state index contributed by atoms with van der Waals surface area (Å²) >= 11 is -2.52. The molecule has 0 radical (unpaired) electrons. The molecule has 6 rings (SSSR count). The summed E-state index contributed by atoms with van der Waals surface area (Å²) in [5.74, 6) is 0.212. The molecule has 0 saturated carbocycles. The van der Waals surface area contributed by atoms with E-state index in [1.165, 1.54) is 79.6 Å². The second-order valence-electron chi connectivity index (χ2n) is 15.6. The van der Waals surface area contributed by atoms with Gasteiger partial charge >= 0.3 is 303 Å². The van der Waals surface area contributed by atoms with Gasteiger partial charge in [0.2, 0.25) is 0 Å². The third kappa shape index (κ3) is 6.08. The van der Waals surface area contributed by atoms with E-state index in [0.29, 0.717) is 19.2 Å². The van der Waals surface area contributed by atoms with E-state index in [2.05, 4.69) is 155 Å². The molecule has 0 saturated heterocycles. The van der Waals surface area contributed by atoms with E-state index >= 15 is 0 Å². The van der Waals surface area contributed by atoms with Crippen molar-refractivity contribution in [3.63, 3.8) is 0 Å². The Morgan fingerprint density at radius 3 is 1.33 bits per heavy atom. The molecule has 0 nitrogen and oxygen atoms in total. The summed E-state index contributed by atoms with van der Waals surface area (Å²) < 4.78 is 1.32. The molecule has 2 aliphatic carbocycles. The number of benzene rings is 4. The fourth-order valence-electron chi connectivity index (χ4n) is 8.86. The van der Waals surface area contributed by atoms with Crippen LogP contribution in [0.25, 0.3) is 34.4 Å². The van der Waals surface area contributed by atoms with Crippen molar-refractivity contribution in [3.05, 3.63) is 127 Å². The van der Waals surface area contributed by atoms with Gasteiger partial charge in [0.25, 0.3) is 0 Å². The molecule has 0 aromatic heterocycles. The van der Waals surface area contributed by atoms with E-state index in [1.54, 1.807) is 22.3 Å². The fourth-order valence-corrected chi connectivity index (χ4v) is 41.7. The molecule has 4 aromatic rings. The van der Waals surface area contributed by atoms with Crippen LogP contribution < -0.4 is 0 Å². The summed E-state index contributed by atoms with van der Waals surface area (Å²) in [7, 11) is 0. The first-order chi connectivity index (χ1) is 22.9. The number of hydrogen-bond acceptors (Lipinski definition) is 0. The van der Waals surface area contributed by atoms with Crippen LogP contribution in [0.2, 0.25) is 13.1 Å². The Balaban J connectivity index is 1.58. The first-order valence-electron chi connectivity index (χ1n) is 18.6. The van der Waals surface area contributed by atoms with Crippen LogP contribution in [-0.4, -0.2) is 5.98 Å². The van der Waals surface area contributed by atoms with Gasteiger partial charge in [-0.05, 0) is 0 Å². The van der Waals surface area contributed by atoms with Gasteiger partial charge in [0.05, 0.1) is 0 Å². The van der Waals surface area contributed by atoms with Crippen molar-refractivity contribution in [3.8, 4) is 22.3 Å². The maximum atomic E-state index is 2.73. The molecule has 0 bridgehead atoms. The number of fused-ring (bicyclic) bond motifs is 2. The maximum absolute atomic E-state index is 2.73. The van der Waals surface area contributed by atoms with Gasteiger partial charge < -0.3 is 0 Å². The zero-order valence-corrected chi connectivity index (χ0v) is 36.5. The van der Waals surface area contributed by atoms with Gasteiger partial charge in [0, 0.05) is 0 Å². The average molecular weight is 817 g/mol. The van der Waals surface area contributed by atoms with Crippen molar-refractivity contribution in [2.24, 2.45) is 11.8 Å². The van der Waals surface area contributed by atoms with E-state index in [1.807, 2.05) is 0 Å². The molecule has 0 fully saturated rings. The van der Waals surface area contributed by atoms with Gasteiger partial charge in [-0.25, -0.2) is 0 Å². The van der Waals surface area contributed by atoms with Crippen LogP contribution in [0.4, 0.5) is 0 Å². The van der Waals surface area contributed by atoms with Crippen LogP contribution in [0.3, 0.4) is 0 Å². The van der Waals surface area contributed by atoms with Crippen LogP contribution in [0.1, 0.15) is 104 Å². The minimum absolute atomic E-state index is 0.601. The topological polar surface area (TPSA) is 0 Å². The molecular formula is C46H57HfSi. The molecule has 0 N–H and O–H groups in total. The van der Waals surface area contributed by atoms with Gasteiger partial charge in [0.15, 0.2) is 0 Å². The Kier molecular flexibility index (Phi) is 10.3. The summed E-state index contributed by atoms with van der Waals surface area (Å²) in [6.45, 7) is 29.1. The van der Waals surface area contributed by atoms with Gasteiger partial charge in [-0.1, -0.05) is 0 Å². The average Bonchev–Trinajstić information content (AvgIpc) is 3.63. The standard InChI is InChI=1S/2C22H25.C2H7Si.Hf/c2*1-6-15(3)19-12-18-8-7-9-20(22(18)13-19)21-11-14(2)10-16(4)17(21)5;1-3-2;/h2*7-13,15H,6H2,1-5H3;3H,1-2H3;. The molecule has 249 valence electrons. The van der Waals surface area contributed by atoms with Gasteiger partial charge in [-0.3, -0.25) is 0 Å². The van der Waals surface area contributed by atoms with E-state index in [4.69, 9.17) is 0 Å². The molecule has 0 aliphatic heterocycles. The molecule has 4 aromatic carbocycles. The van der Waals surface area contributed by atoms with Gasteiger partial charge in [-0.2, -0.15) is 0 Å². The summed E-state index contributed by atoms with van der Waals surface area (Å²) in [6, 6.07) is 24.3. The Bertz CT molecular complexity index is 1800. The monoisotopic (exact) mass is 817 g/mol. The SMILES string of the molecule is CCC(C)C1=Cc2c(-c3cc(C)cc(C)c3C)cccc2[CH]1[Hf]([CH]1C(C(C)CC)=Cc2c(-c3cc(C)cc(C)c3C)cccc21)[SiH](C)C. The van der Waals surface area contributed by atoms with Crippen molar-refractivity contribution in [1.29, 1.82) is 0 Å². The third-order valence-corrected chi connectivity index (χ3v) is 42.7.